The van der Waals surface area contributed by atoms with E-state index < -0.39 is 0 Å². The van der Waals surface area contributed by atoms with E-state index in [1.165, 1.54) is 0 Å². The third-order valence-electron chi connectivity index (χ3n) is 1.91. The number of carbonyl (C=O) groups is 1. The van der Waals surface area contributed by atoms with Crippen LogP contribution in [0.5, 0.6) is 0 Å². The number of hydrogen-bond donors (Lipinski definition) is 3. The quantitative estimate of drug-likeness (QED) is 0.621. The van der Waals surface area contributed by atoms with Crippen molar-refractivity contribution in [2.45, 2.75) is 6.04 Å². The van der Waals surface area contributed by atoms with Crippen LogP contribution in [0.25, 0.3) is 0 Å². The van der Waals surface area contributed by atoms with Crippen LogP contribution in [0.15, 0.2) is 30.3 Å². The summed E-state index contributed by atoms with van der Waals surface area (Å²) in [4.78, 5) is 11.0. The third kappa shape index (κ3) is 2.83. The molecule has 0 fully saturated rings. The molecule has 0 bridgehead atoms. The summed E-state index contributed by atoms with van der Waals surface area (Å²) in [6, 6.07) is 8.91. The summed E-state index contributed by atoms with van der Waals surface area (Å²) in [6.45, 7) is -0.195. The van der Waals surface area contributed by atoms with Crippen LogP contribution in [-0.4, -0.2) is 24.2 Å². The molecular formula is C10H14N2O2. The summed E-state index contributed by atoms with van der Waals surface area (Å²) in [7, 11) is 0. The zero-order valence-electron chi connectivity index (χ0n) is 7.81. The fourth-order valence-corrected chi connectivity index (χ4v) is 1.17. The maximum absolute atomic E-state index is 11.0. The second kappa shape index (κ2) is 5.36. The predicted molar refractivity (Wildman–Crippen MR) is 53.5 cm³/mol. The lowest BCUT2D eigenvalue weighted by Crippen LogP contribution is -2.35. The van der Waals surface area contributed by atoms with Gasteiger partial charge in [-0.05, 0) is 5.56 Å². The van der Waals surface area contributed by atoms with Crippen molar-refractivity contribution in [3.8, 4) is 0 Å². The van der Waals surface area contributed by atoms with Crippen LogP contribution in [0.4, 0.5) is 0 Å². The third-order valence-corrected chi connectivity index (χ3v) is 1.91. The lowest BCUT2D eigenvalue weighted by molar-refractivity contribution is -0.120. The van der Waals surface area contributed by atoms with E-state index in [0.29, 0.717) is 0 Å². The van der Waals surface area contributed by atoms with Crippen molar-refractivity contribution < 1.29 is 9.90 Å². The fraction of sp³-hybridized carbons (Fsp3) is 0.300. The molecule has 0 aliphatic heterocycles. The number of nitrogens with one attached hydrogen (secondary N) is 1. The molecule has 1 aromatic carbocycles. The SMILES string of the molecule is NCC(=O)NC(CO)c1ccccc1. The van der Waals surface area contributed by atoms with Gasteiger partial charge in [0, 0.05) is 0 Å². The summed E-state index contributed by atoms with van der Waals surface area (Å²) >= 11 is 0. The highest BCUT2D eigenvalue weighted by Crippen LogP contribution is 2.10. The summed E-state index contributed by atoms with van der Waals surface area (Å²) in [5.74, 6) is -0.270. The van der Waals surface area contributed by atoms with Gasteiger partial charge in [0.2, 0.25) is 5.91 Å². The van der Waals surface area contributed by atoms with Gasteiger partial charge in [0.05, 0.1) is 19.2 Å². The van der Waals surface area contributed by atoms with Crippen molar-refractivity contribution in [3.63, 3.8) is 0 Å². The molecule has 76 valence electrons. The molecule has 1 atom stereocenters. The number of benzene rings is 1. The first-order valence-corrected chi connectivity index (χ1v) is 4.43. The first kappa shape index (κ1) is 10.7. The Bertz CT molecular complexity index is 287. The molecule has 0 heterocycles. The normalized spacial score (nSPS) is 12.1. The average molecular weight is 194 g/mol. The number of carbonyl (C=O) groups excluding carboxylic acids is 1. The van der Waals surface area contributed by atoms with Gasteiger partial charge < -0.3 is 16.2 Å². The highest BCUT2D eigenvalue weighted by Gasteiger charge is 2.11. The zero-order chi connectivity index (χ0) is 10.4. The number of aliphatic hydroxyl groups is 1. The maximum atomic E-state index is 11.0. The monoisotopic (exact) mass is 194 g/mol. The number of rotatable bonds is 4. The summed E-state index contributed by atoms with van der Waals surface area (Å²) < 4.78 is 0. The summed E-state index contributed by atoms with van der Waals surface area (Å²) in [6.07, 6.45) is 0. The molecule has 0 saturated heterocycles. The van der Waals surface area contributed by atoms with E-state index in [0.717, 1.165) is 5.56 Å². The Morgan fingerprint density at radius 1 is 1.43 bits per heavy atom. The minimum atomic E-state index is -0.368. The molecule has 4 heteroatoms. The number of hydrogen-bond acceptors (Lipinski definition) is 3. The van der Waals surface area contributed by atoms with E-state index in [1.807, 2.05) is 30.3 Å². The van der Waals surface area contributed by atoms with E-state index in [9.17, 15) is 4.79 Å². The van der Waals surface area contributed by atoms with Gasteiger partial charge in [0.15, 0.2) is 0 Å². The standard InChI is InChI=1S/C10H14N2O2/c11-6-10(14)12-9(7-13)8-4-2-1-3-5-8/h1-5,9,13H,6-7,11H2,(H,12,14). The molecular weight excluding hydrogens is 180 g/mol. The van der Waals surface area contributed by atoms with Crippen LogP contribution >= 0.6 is 0 Å². The second-order valence-electron chi connectivity index (χ2n) is 2.92. The second-order valence-corrected chi connectivity index (χ2v) is 2.92. The first-order valence-electron chi connectivity index (χ1n) is 4.43. The van der Waals surface area contributed by atoms with Crippen LogP contribution in [0.3, 0.4) is 0 Å². The highest BCUT2D eigenvalue weighted by molar-refractivity contribution is 5.78. The fourth-order valence-electron chi connectivity index (χ4n) is 1.17. The van der Waals surface area contributed by atoms with Crippen molar-refractivity contribution in [2.24, 2.45) is 5.73 Å². The molecule has 4 nitrogen and oxygen atoms in total. The smallest absolute Gasteiger partial charge is 0.234 e. The van der Waals surface area contributed by atoms with Gasteiger partial charge in [-0.25, -0.2) is 0 Å². The van der Waals surface area contributed by atoms with E-state index in [4.69, 9.17) is 10.8 Å². The van der Waals surface area contributed by atoms with Crippen LogP contribution < -0.4 is 11.1 Å². The molecule has 0 aliphatic rings. The molecule has 14 heavy (non-hydrogen) atoms. The Hall–Kier alpha value is -1.39. The average Bonchev–Trinajstić information content (AvgIpc) is 2.26. The van der Waals surface area contributed by atoms with Crippen molar-refractivity contribution in [1.82, 2.24) is 5.32 Å². The summed E-state index contributed by atoms with van der Waals surface area (Å²) in [5, 5.41) is 11.7. The number of nitrogens with two attached hydrogens (primary N) is 1. The topological polar surface area (TPSA) is 75.4 Å². The van der Waals surface area contributed by atoms with E-state index in [1.54, 1.807) is 0 Å². The molecule has 0 spiro atoms. The molecule has 1 amide bonds. The van der Waals surface area contributed by atoms with Crippen LogP contribution in [0, 0.1) is 0 Å². The van der Waals surface area contributed by atoms with Gasteiger partial charge in [-0.15, -0.1) is 0 Å². The Morgan fingerprint density at radius 3 is 2.57 bits per heavy atom. The Balaban J connectivity index is 2.68. The highest BCUT2D eigenvalue weighted by atomic mass is 16.3. The van der Waals surface area contributed by atoms with Crippen LogP contribution in [0.2, 0.25) is 0 Å². The lowest BCUT2D eigenvalue weighted by atomic mass is 10.1. The van der Waals surface area contributed by atoms with Crippen molar-refractivity contribution in [2.75, 3.05) is 13.2 Å². The Labute approximate surface area is 82.7 Å². The zero-order valence-corrected chi connectivity index (χ0v) is 7.81. The van der Waals surface area contributed by atoms with E-state index in [-0.39, 0.29) is 25.1 Å². The Morgan fingerprint density at radius 2 is 2.07 bits per heavy atom. The van der Waals surface area contributed by atoms with Crippen molar-refractivity contribution >= 4 is 5.91 Å². The predicted octanol–water partition coefficient (Wildman–Crippen LogP) is -0.205. The molecule has 1 aromatic rings. The van der Waals surface area contributed by atoms with E-state index in [2.05, 4.69) is 5.32 Å². The minimum Gasteiger partial charge on any atom is -0.394 e. The maximum Gasteiger partial charge on any atom is 0.234 e. The van der Waals surface area contributed by atoms with Crippen LogP contribution in [-0.2, 0) is 4.79 Å². The molecule has 0 saturated carbocycles. The molecule has 1 unspecified atom stereocenters. The van der Waals surface area contributed by atoms with Gasteiger partial charge in [0.25, 0.3) is 0 Å². The molecule has 1 rings (SSSR count). The lowest BCUT2D eigenvalue weighted by Gasteiger charge is -2.15. The van der Waals surface area contributed by atoms with Crippen LogP contribution in [0.1, 0.15) is 11.6 Å². The van der Waals surface area contributed by atoms with E-state index >= 15 is 0 Å². The number of aliphatic hydroxyl groups excluding tert-OH is 1. The van der Waals surface area contributed by atoms with Crippen molar-refractivity contribution in [1.29, 1.82) is 0 Å². The van der Waals surface area contributed by atoms with Gasteiger partial charge in [-0.1, -0.05) is 30.3 Å². The number of amides is 1. The van der Waals surface area contributed by atoms with Gasteiger partial charge in [0.1, 0.15) is 0 Å². The first-order chi connectivity index (χ1) is 6.77. The largest absolute Gasteiger partial charge is 0.394 e. The molecule has 4 N–H and O–H groups in total. The summed E-state index contributed by atoms with van der Waals surface area (Å²) in [5.41, 5.74) is 6.03. The van der Waals surface area contributed by atoms with Gasteiger partial charge >= 0.3 is 0 Å². The van der Waals surface area contributed by atoms with Gasteiger partial charge in [-0.3, -0.25) is 4.79 Å². The van der Waals surface area contributed by atoms with Crippen molar-refractivity contribution in [3.05, 3.63) is 35.9 Å². The molecule has 0 radical (unpaired) electrons. The Kier molecular flexibility index (Phi) is 4.10. The minimum absolute atomic E-state index is 0.0661. The molecule has 0 aromatic heterocycles. The molecule has 0 aliphatic carbocycles. The van der Waals surface area contributed by atoms with Gasteiger partial charge in [-0.2, -0.15) is 0 Å².